The first-order chi connectivity index (χ1) is 14.2. The van der Waals surface area contributed by atoms with Crippen molar-refractivity contribution in [1.29, 1.82) is 0 Å². The van der Waals surface area contributed by atoms with Crippen LogP contribution in [0.5, 0.6) is 0 Å². The van der Waals surface area contributed by atoms with Crippen molar-refractivity contribution in [3.8, 4) is 0 Å². The number of nitrogens with zero attached hydrogens (tertiary/aromatic N) is 5. The van der Waals surface area contributed by atoms with Crippen LogP contribution in [0.3, 0.4) is 0 Å². The molecule has 1 amide bonds. The van der Waals surface area contributed by atoms with Crippen LogP contribution >= 0.6 is 0 Å². The molecule has 0 bridgehead atoms. The summed E-state index contributed by atoms with van der Waals surface area (Å²) in [7, 11) is 0. The number of benzene rings is 1. The summed E-state index contributed by atoms with van der Waals surface area (Å²) < 4.78 is 2.26. The summed E-state index contributed by atoms with van der Waals surface area (Å²) in [5, 5.41) is 12.2. The van der Waals surface area contributed by atoms with Gasteiger partial charge in [-0.2, -0.15) is 0 Å². The Kier molecular flexibility index (Phi) is 4.99. The molecule has 5 rings (SSSR count). The van der Waals surface area contributed by atoms with Gasteiger partial charge in [0.2, 0.25) is 0 Å². The molecule has 2 saturated heterocycles. The normalized spacial score (nSPS) is 22.0. The van der Waals surface area contributed by atoms with E-state index in [0.717, 1.165) is 81.4 Å². The van der Waals surface area contributed by atoms with E-state index in [9.17, 15) is 4.79 Å². The molecule has 1 aromatic carbocycles. The number of nitrogens with one attached hydrogen (secondary N) is 1. The van der Waals surface area contributed by atoms with Crippen molar-refractivity contribution in [2.24, 2.45) is 0 Å². The van der Waals surface area contributed by atoms with Gasteiger partial charge in [-0.05, 0) is 50.3 Å². The van der Waals surface area contributed by atoms with Gasteiger partial charge in [-0.25, -0.2) is 0 Å². The lowest BCUT2D eigenvalue weighted by molar-refractivity contribution is 0.0702. The number of carbonyl (C=O) groups excluding carboxylic acids is 1. The zero-order valence-electron chi connectivity index (χ0n) is 17.2. The van der Waals surface area contributed by atoms with Gasteiger partial charge in [0.05, 0.1) is 6.54 Å². The number of piperidine rings is 1. The Morgan fingerprint density at radius 1 is 1.10 bits per heavy atom. The highest BCUT2D eigenvalue weighted by atomic mass is 16.2. The number of hydrogen-bond acceptors (Lipinski definition) is 5. The molecule has 4 heterocycles. The highest BCUT2D eigenvalue weighted by Gasteiger charge is 2.31. The molecule has 154 valence electrons. The van der Waals surface area contributed by atoms with Crippen molar-refractivity contribution in [2.75, 3.05) is 37.6 Å². The second-order valence-electron chi connectivity index (χ2n) is 8.54. The lowest BCUT2D eigenvalue weighted by atomic mass is 9.95. The SMILES string of the molecule is Cc1c(C(=O)N2CCCC(c3nnc4n3CCNC4)C2)cccc1N1CCCC1. The molecule has 0 saturated carbocycles. The van der Waals surface area contributed by atoms with Crippen molar-refractivity contribution >= 4 is 11.6 Å². The van der Waals surface area contributed by atoms with Gasteiger partial charge in [0.25, 0.3) is 5.91 Å². The van der Waals surface area contributed by atoms with Gasteiger partial charge in [-0.1, -0.05) is 6.07 Å². The standard InChI is InChI=1S/C22H30N6O/c1-16-18(7-4-8-19(16)26-10-2-3-11-26)22(29)27-12-5-6-17(15-27)21-25-24-20-14-23-9-13-28(20)21/h4,7-8,17,23H,2-3,5-6,9-15H2,1H3. The summed E-state index contributed by atoms with van der Waals surface area (Å²) in [6, 6.07) is 6.19. The van der Waals surface area contributed by atoms with Crippen LogP contribution in [-0.2, 0) is 13.1 Å². The summed E-state index contributed by atoms with van der Waals surface area (Å²) in [5.74, 6) is 2.51. The van der Waals surface area contributed by atoms with E-state index >= 15 is 0 Å². The van der Waals surface area contributed by atoms with Gasteiger partial charge in [0.1, 0.15) is 11.6 Å². The maximum absolute atomic E-state index is 13.4. The topological polar surface area (TPSA) is 66.3 Å². The van der Waals surface area contributed by atoms with E-state index in [-0.39, 0.29) is 11.8 Å². The number of anilines is 1. The van der Waals surface area contributed by atoms with Crippen LogP contribution in [0.15, 0.2) is 18.2 Å². The number of fused-ring (bicyclic) bond motifs is 1. The Morgan fingerprint density at radius 3 is 2.83 bits per heavy atom. The number of likely N-dealkylation sites (tertiary alicyclic amines) is 1. The minimum absolute atomic E-state index is 0.160. The number of aromatic nitrogens is 3. The molecule has 7 nitrogen and oxygen atoms in total. The maximum Gasteiger partial charge on any atom is 0.254 e. The number of amides is 1. The van der Waals surface area contributed by atoms with Crippen molar-refractivity contribution in [3.63, 3.8) is 0 Å². The van der Waals surface area contributed by atoms with Gasteiger partial charge in [-0.15, -0.1) is 10.2 Å². The van der Waals surface area contributed by atoms with E-state index in [0.29, 0.717) is 0 Å². The Hall–Kier alpha value is -2.41. The smallest absolute Gasteiger partial charge is 0.254 e. The van der Waals surface area contributed by atoms with Gasteiger partial charge in [0, 0.05) is 56.4 Å². The Balaban J connectivity index is 1.36. The van der Waals surface area contributed by atoms with Gasteiger partial charge < -0.3 is 19.7 Å². The van der Waals surface area contributed by atoms with E-state index in [4.69, 9.17) is 0 Å². The molecule has 3 aliphatic heterocycles. The zero-order valence-corrected chi connectivity index (χ0v) is 17.2. The second kappa shape index (κ2) is 7.78. The molecule has 1 unspecified atom stereocenters. The molecule has 2 aromatic rings. The molecule has 29 heavy (non-hydrogen) atoms. The van der Waals surface area contributed by atoms with Crippen molar-refractivity contribution in [1.82, 2.24) is 25.0 Å². The summed E-state index contributed by atoms with van der Waals surface area (Å²) in [6.45, 7) is 8.50. The minimum atomic E-state index is 0.160. The average molecular weight is 395 g/mol. The largest absolute Gasteiger partial charge is 0.371 e. The van der Waals surface area contributed by atoms with Crippen molar-refractivity contribution in [2.45, 2.75) is 51.6 Å². The molecule has 1 N–H and O–H groups in total. The van der Waals surface area contributed by atoms with Crippen LogP contribution in [0.1, 0.15) is 59.2 Å². The molecule has 1 aromatic heterocycles. The average Bonchev–Trinajstić information content (AvgIpc) is 3.44. The number of carbonyl (C=O) groups is 1. The molecule has 2 fully saturated rings. The monoisotopic (exact) mass is 394 g/mol. The minimum Gasteiger partial charge on any atom is -0.371 e. The maximum atomic E-state index is 13.4. The van der Waals surface area contributed by atoms with Crippen LogP contribution in [-0.4, -0.2) is 58.3 Å². The predicted molar refractivity (Wildman–Crippen MR) is 112 cm³/mol. The molecular formula is C22H30N6O. The molecule has 1 atom stereocenters. The first kappa shape index (κ1) is 18.6. The van der Waals surface area contributed by atoms with Crippen LogP contribution < -0.4 is 10.2 Å². The van der Waals surface area contributed by atoms with Gasteiger partial charge in [0.15, 0.2) is 0 Å². The first-order valence-corrected chi connectivity index (χ1v) is 11.0. The zero-order chi connectivity index (χ0) is 19.8. The lowest BCUT2D eigenvalue weighted by Crippen LogP contribution is -2.40. The summed E-state index contributed by atoms with van der Waals surface area (Å²) in [6.07, 6.45) is 4.57. The fraction of sp³-hybridized carbons (Fsp3) is 0.591. The lowest BCUT2D eigenvalue weighted by Gasteiger charge is -2.33. The van der Waals surface area contributed by atoms with E-state index in [2.05, 4.69) is 38.0 Å². The van der Waals surface area contributed by atoms with E-state index < -0.39 is 0 Å². The highest BCUT2D eigenvalue weighted by molar-refractivity contribution is 5.97. The molecule has 0 spiro atoms. The Labute approximate surface area is 172 Å². The quantitative estimate of drug-likeness (QED) is 0.865. The fourth-order valence-electron chi connectivity index (χ4n) is 5.12. The first-order valence-electron chi connectivity index (χ1n) is 11.0. The van der Waals surface area contributed by atoms with Crippen molar-refractivity contribution < 1.29 is 4.79 Å². The third-order valence-corrected chi connectivity index (χ3v) is 6.71. The highest BCUT2D eigenvalue weighted by Crippen LogP contribution is 2.30. The molecule has 3 aliphatic rings. The van der Waals surface area contributed by atoms with Crippen LogP contribution in [0, 0.1) is 6.92 Å². The summed E-state index contributed by atoms with van der Waals surface area (Å²) in [5.41, 5.74) is 3.19. The molecule has 0 radical (unpaired) electrons. The third-order valence-electron chi connectivity index (χ3n) is 6.71. The van der Waals surface area contributed by atoms with Crippen LogP contribution in [0.25, 0.3) is 0 Å². The van der Waals surface area contributed by atoms with Crippen LogP contribution in [0.4, 0.5) is 5.69 Å². The Morgan fingerprint density at radius 2 is 1.97 bits per heavy atom. The van der Waals surface area contributed by atoms with E-state index in [1.54, 1.807) is 0 Å². The van der Waals surface area contributed by atoms with Crippen LogP contribution in [0.2, 0.25) is 0 Å². The second-order valence-corrected chi connectivity index (χ2v) is 8.54. The molecular weight excluding hydrogens is 364 g/mol. The molecule has 0 aliphatic carbocycles. The predicted octanol–water partition coefficient (Wildman–Crippen LogP) is 2.31. The van der Waals surface area contributed by atoms with Gasteiger partial charge >= 0.3 is 0 Å². The number of hydrogen-bond donors (Lipinski definition) is 1. The number of rotatable bonds is 3. The third kappa shape index (κ3) is 3.41. The van der Waals surface area contributed by atoms with E-state index in [1.807, 2.05) is 17.0 Å². The van der Waals surface area contributed by atoms with Gasteiger partial charge in [-0.3, -0.25) is 4.79 Å². The van der Waals surface area contributed by atoms with E-state index in [1.165, 1.54) is 18.5 Å². The molecule has 7 heteroatoms. The fourth-order valence-corrected chi connectivity index (χ4v) is 5.12. The summed E-state index contributed by atoms with van der Waals surface area (Å²) in [4.78, 5) is 17.9. The summed E-state index contributed by atoms with van der Waals surface area (Å²) >= 11 is 0. The Bertz CT molecular complexity index is 901. The van der Waals surface area contributed by atoms with Crippen molar-refractivity contribution in [3.05, 3.63) is 41.0 Å².